The van der Waals surface area contributed by atoms with Crippen LogP contribution in [0.1, 0.15) is 58.8 Å². The maximum atomic E-state index is 5.88. The van der Waals surface area contributed by atoms with Crippen molar-refractivity contribution in [2.75, 3.05) is 51.2 Å². The molecule has 0 bridgehead atoms. The first-order valence-corrected chi connectivity index (χ1v) is 13.5. The highest BCUT2D eigenvalue weighted by molar-refractivity contribution is 5.78. The number of rotatable bonds is 17. The van der Waals surface area contributed by atoms with E-state index in [-0.39, 0.29) is 0 Å². The Hall–Kier alpha value is -3.20. The molecular weight excluding hydrogens is 468 g/mol. The van der Waals surface area contributed by atoms with Crippen LogP contribution in [-0.4, -0.2) is 55.5 Å². The Bertz CT molecular complexity index is 1080. The molecule has 2 heterocycles. The standard InChI is InChI=1S/C28H44N6O3/c1-6-8-10-16-33(17-11-9-7-2)25-14-13-22-27(32-25)34(18-12-15-29)28(31-22)30-21-19-23(35-3)26(37-5)24(20-21)36-4/h13-14,19-20H,6-12,15-18,29H2,1-5H3,(H,30,31). The van der Waals surface area contributed by atoms with Gasteiger partial charge in [0.2, 0.25) is 11.7 Å². The molecule has 204 valence electrons. The number of nitrogens with zero attached hydrogens (tertiary/aromatic N) is 4. The van der Waals surface area contributed by atoms with Gasteiger partial charge in [-0.3, -0.25) is 4.57 Å². The fraction of sp³-hybridized carbons (Fsp3) is 0.571. The molecule has 0 radical (unpaired) electrons. The summed E-state index contributed by atoms with van der Waals surface area (Å²) in [5.74, 6) is 3.40. The van der Waals surface area contributed by atoms with E-state index in [9.17, 15) is 0 Å². The minimum Gasteiger partial charge on any atom is -0.493 e. The first-order chi connectivity index (χ1) is 18.1. The van der Waals surface area contributed by atoms with Crippen LogP contribution in [0.3, 0.4) is 0 Å². The fourth-order valence-electron chi connectivity index (χ4n) is 4.45. The number of ether oxygens (including phenoxy) is 3. The Labute approximate surface area is 221 Å². The number of fused-ring (bicyclic) bond motifs is 1. The van der Waals surface area contributed by atoms with Crippen molar-refractivity contribution in [2.45, 2.75) is 65.3 Å². The summed E-state index contributed by atoms with van der Waals surface area (Å²) in [5.41, 5.74) is 8.36. The van der Waals surface area contributed by atoms with Gasteiger partial charge in [-0.2, -0.15) is 0 Å². The van der Waals surface area contributed by atoms with Crippen LogP contribution in [0.25, 0.3) is 11.2 Å². The topological polar surface area (TPSA) is 99.7 Å². The number of nitrogens with two attached hydrogens (primary N) is 1. The fourth-order valence-corrected chi connectivity index (χ4v) is 4.45. The lowest BCUT2D eigenvalue weighted by Gasteiger charge is -2.24. The number of methoxy groups -OCH3 is 3. The van der Waals surface area contributed by atoms with Crippen LogP contribution >= 0.6 is 0 Å². The largest absolute Gasteiger partial charge is 0.493 e. The molecular formula is C28H44N6O3. The summed E-state index contributed by atoms with van der Waals surface area (Å²) >= 11 is 0. The lowest BCUT2D eigenvalue weighted by Crippen LogP contribution is -2.26. The second-order valence-corrected chi connectivity index (χ2v) is 9.18. The molecule has 3 rings (SSSR count). The monoisotopic (exact) mass is 512 g/mol. The average Bonchev–Trinajstić information content (AvgIpc) is 3.26. The Kier molecular flexibility index (Phi) is 11.1. The van der Waals surface area contributed by atoms with E-state index in [1.54, 1.807) is 21.3 Å². The molecule has 2 aromatic heterocycles. The average molecular weight is 513 g/mol. The lowest BCUT2D eigenvalue weighted by molar-refractivity contribution is 0.324. The van der Waals surface area contributed by atoms with Crippen molar-refractivity contribution < 1.29 is 14.2 Å². The highest BCUT2D eigenvalue weighted by atomic mass is 16.5. The maximum absolute atomic E-state index is 5.88. The number of anilines is 3. The second-order valence-electron chi connectivity index (χ2n) is 9.18. The summed E-state index contributed by atoms with van der Waals surface area (Å²) in [6, 6.07) is 7.92. The smallest absolute Gasteiger partial charge is 0.209 e. The van der Waals surface area contributed by atoms with Crippen molar-refractivity contribution >= 4 is 28.6 Å². The van der Waals surface area contributed by atoms with Gasteiger partial charge in [0.1, 0.15) is 11.3 Å². The zero-order valence-electron chi connectivity index (χ0n) is 23.2. The third-order valence-electron chi connectivity index (χ3n) is 6.47. The molecule has 0 saturated heterocycles. The van der Waals surface area contributed by atoms with Gasteiger partial charge >= 0.3 is 0 Å². The number of aromatic nitrogens is 3. The van der Waals surface area contributed by atoms with Gasteiger partial charge in [-0.1, -0.05) is 39.5 Å². The van der Waals surface area contributed by atoms with Crippen LogP contribution in [-0.2, 0) is 6.54 Å². The predicted octanol–water partition coefficient (Wildman–Crippen LogP) is 5.74. The molecule has 0 fully saturated rings. The first kappa shape index (κ1) is 28.4. The van der Waals surface area contributed by atoms with E-state index in [1.165, 1.54) is 38.5 Å². The second kappa shape index (κ2) is 14.5. The van der Waals surface area contributed by atoms with Crippen LogP contribution < -0.4 is 30.2 Å². The van der Waals surface area contributed by atoms with Crippen molar-refractivity contribution in [3.63, 3.8) is 0 Å². The molecule has 0 atom stereocenters. The van der Waals surface area contributed by atoms with Crippen LogP contribution in [0.5, 0.6) is 17.2 Å². The first-order valence-electron chi connectivity index (χ1n) is 13.5. The van der Waals surface area contributed by atoms with E-state index in [1.807, 2.05) is 12.1 Å². The molecule has 3 N–H and O–H groups in total. The molecule has 1 aromatic carbocycles. The Morgan fingerprint density at radius 2 is 1.51 bits per heavy atom. The minimum absolute atomic E-state index is 0.546. The Morgan fingerprint density at radius 1 is 0.865 bits per heavy atom. The summed E-state index contributed by atoms with van der Waals surface area (Å²) in [4.78, 5) is 12.4. The third kappa shape index (κ3) is 7.19. The number of nitrogens with one attached hydrogen (secondary N) is 1. The molecule has 0 aliphatic rings. The number of imidazole rings is 1. The summed E-state index contributed by atoms with van der Waals surface area (Å²) < 4.78 is 18.6. The zero-order chi connectivity index (χ0) is 26.6. The molecule has 9 heteroatoms. The number of hydrogen-bond acceptors (Lipinski definition) is 8. The van der Waals surface area contributed by atoms with E-state index in [0.717, 1.165) is 42.2 Å². The number of pyridine rings is 1. The van der Waals surface area contributed by atoms with Crippen LogP contribution in [0.4, 0.5) is 17.5 Å². The number of aryl methyl sites for hydroxylation is 1. The quantitative estimate of drug-likeness (QED) is 0.221. The Morgan fingerprint density at radius 3 is 2.05 bits per heavy atom. The normalized spacial score (nSPS) is 11.1. The summed E-state index contributed by atoms with van der Waals surface area (Å²) in [6.07, 6.45) is 8.02. The van der Waals surface area contributed by atoms with Gasteiger partial charge in [0, 0.05) is 37.5 Å². The molecule has 0 aliphatic heterocycles. The van der Waals surface area contributed by atoms with Crippen molar-refractivity contribution in [1.29, 1.82) is 0 Å². The van der Waals surface area contributed by atoms with Gasteiger partial charge in [-0.25, -0.2) is 9.97 Å². The van der Waals surface area contributed by atoms with Gasteiger partial charge in [0.15, 0.2) is 17.1 Å². The minimum atomic E-state index is 0.546. The van der Waals surface area contributed by atoms with Crippen molar-refractivity contribution in [1.82, 2.24) is 14.5 Å². The molecule has 3 aromatic rings. The summed E-state index contributed by atoms with van der Waals surface area (Å²) in [5, 5.41) is 3.45. The molecule has 0 saturated carbocycles. The molecule has 0 amide bonds. The van der Waals surface area contributed by atoms with Gasteiger partial charge in [0.05, 0.1) is 21.3 Å². The Balaban J connectivity index is 1.99. The van der Waals surface area contributed by atoms with Crippen LogP contribution in [0, 0.1) is 0 Å². The number of hydrogen-bond donors (Lipinski definition) is 2. The van der Waals surface area contributed by atoms with Gasteiger partial charge in [0.25, 0.3) is 0 Å². The van der Waals surface area contributed by atoms with Crippen LogP contribution in [0.15, 0.2) is 24.3 Å². The van der Waals surface area contributed by atoms with E-state index in [0.29, 0.717) is 36.3 Å². The molecule has 0 aliphatic carbocycles. The molecule has 0 spiro atoms. The van der Waals surface area contributed by atoms with E-state index in [2.05, 4.69) is 40.8 Å². The summed E-state index contributed by atoms with van der Waals surface area (Å²) in [6.45, 7) is 7.81. The highest BCUT2D eigenvalue weighted by Crippen LogP contribution is 2.40. The van der Waals surface area contributed by atoms with E-state index >= 15 is 0 Å². The molecule has 9 nitrogen and oxygen atoms in total. The molecule has 37 heavy (non-hydrogen) atoms. The van der Waals surface area contributed by atoms with Gasteiger partial charge in [-0.05, 0) is 37.9 Å². The predicted molar refractivity (Wildman–Crippen MR) is 152 cm³/mol. The van der Waals surface area contributed by atoms with Crippen molar-refractivity contribution in [3.05, 3.63) is 24.3 Å². The van der Waals surface area contributed by atoms with Crippen molar-refractivity contribution in [2.24, 2.45) is 5.73 Å². The SMILES string of the molecule is CCCCCN(CCCCC)c1ccc2nc(Nc3cc(OC)c(OC)c(OC)c3)n(CCCN)c2n1. The van der Waals surface area contributed by atoms with Gasteiger partial charge < -0.3 is 30.2 Å². The molecule has 0 unspecified atom stereocenters. The highest BCUT2D eigenvalue weighted by Gasteiger charge is 2.18. The van der Waals surface area contributed by atoms with E-state index < -0.39 is 0 Å². The zero-order valence-corrected chi connectivity index (χ0v) is 23.2. The van der Waals surface area contributed by atoms with E-state index in [4.69, 9.17) is 29.9 Å². The maximum Gasteiger partial charge on any atom is 0.209 e. The number of unbranched alkanes of at least 4 members (excludes halogenated alkanes) is 4. The summed E-state index contributed by atoms with van der Waals surface area (Å²) in [7, 11) is 4.81. The lowest BCUT2D eigenvalue weighted by atomic mass is 10.2. The number of benzene rings is 1. The van der Waals surface area contributed by atoms with Gasteiger partial charge in [-0.15, -0.1) is 0 Å². The van der Waals surface area contributed by atoms with Crippen LogP contribution in [0.2, 0.25) is 0 Å². The van der Waals surface area contributed by atoms with Crippen molar-refractivity contribution in [3.8, 4) is 17.2 Å². The third-order valence-corrected chi connectivity index (χ3v) is 6.47.